The van der Waals surface area contributed by atoms with Crippen LogP contribution in [0.1, 0.15) is 5.56 Å². The lowest BCUT2D eigenvalue weighted by Gasteiger charge is -2.20. The van der Waals surface area contributed by atoms with Crippen LogP contribution in [0.4, 0.5) is 16.2 Å². The molecule has 0 aliphatic carbocycles. The number of hydrazine groups is 1. The van der Waals surface area contributed by atoms with E-state index in [1.807, 2.05) is 19.1 Å². The van der Waals surface area contributed by atoms with E-state index in [4.69, 9.17) is 11.5 Å². The minimum absolute atomic E-state index is 0.594. The van der Waals surface area contributed by atoms with Crippen LogP contribution in [-0.4, -0.2) is 13.1 Å². The molecule has 0 saturated heterocycles. The van der Waals surface area contributed by atoms with Crippen LogP contribution < -0.4 is 21.9 Å². The first-order valence-corrected chi connectivity index (χ1v) is 4.16. The molecule has 0 heterocycles. The highest BCUT2D eigenvalue weighted by Crippen LogP contribution is 2.19. The van der Waals surface area contributed by atoms with Gasteiger partial charge in [0, 0.05) is 12.7 Å². The van der Waals surface area contributed by atoms with E-state index in [2.05, 4.69) is 5.43 Å². The molecule has 1 aromatic carbocycles. The van der Waals surface area contributed by atoms with Gasteiger partial charge in [-0.05, 0) is 30.7 Å². The van der Waals surface area contributed by atoms with Gasteiger partial charge >= 0.3 is 6.03 Å². The fourth-order valence-corrected chi connectivity index (χ4v) is 1.28. The Morgan fingerprint density at radius 2 is 2.14 bits per heavy atom. The van der Waals surface area contributed by atoms with Crippen molar-refractivity contribution in [1.82, 2.24) is 5.43 Å². The second-order valence-corrected chi connectivity index (χ2v) is 3.08. The molecule has 0 fully saturated rings. The van der Waals surface area contributed by atoms with Crippen LogP contribution in [0.3, 0.4) is 0 Å². The number of carbonyl (C=O) groups excluding carboxylic acids is 1. The normalized spacial score (nSPS) is 9.57. The average Bonchev–Trinajstić information content (AvgIpc) is 2.01. The number of nitrogens with zero attached hydrogens (tertiary/aromatic N) is 1. The topological polar surface area (TPSA) is 84.4 Å². The molecule has 0 radical (unpaired) electrons. The van der Waals surface area contributed by atoms with E-state index in [1.165, 1.54) is 0 Å². The Kier molecular flexibility index (Phi) is 2.81. The molecule has 1 rings (SSSR count). The smallest absolute Gasteiger partial charge is 0.330 e. The van der Waals surface area contributed by atoms with Crippen LogP contribution in [0.2, 0.25) is 0 Å². The maximum Gasteiger partial charge on any atom is 0.330 e. The van der Waals surface area contributed by atoms with Crippen molar-refractivity contribution in [3.05, 3.63) is 23.8 Å². The molecule has 76 valence electrons. The number of hydrogen-bond acceptors (Lipinski definition) is 3. The first kappa shape index (κ1) is 10.2. The number of nitrogens with one attached hydrogen (secondary N) is 1. The number of primary amides is 1. The third-order valence-electron chi connectivity index (χ3n) is 1.86. The lowest BCUT2D eigenvalue weighted by atomic mass is 10.2. The monoisotopic (exact) mass is 194 g/mol. The highest BCUT2D eigenvalue weighted by Gasteiger charge is 2.05. The molecule has 0 spiro atoms. The van der Waals surface area contributed by atoms with Gasteiger partial charge in [0.05, 0.1) is 5.69 Å². The van der Waals surface area contributed by atoms with Gasteiger partial charge in [-0.15, -0.1) is 0 Å². The van der Waals surface area contributed by atoms with E-state index in [-0.39, 0.29) is 0 Å². The second-order valence-electron chi connectivity index (χ2n) is 3.08. The van der Waals surface area contributed by atoms with Crippen molar-refractivity contribution >= 4 is 17.4 Å². The van der Waals surface area contributed by atoms with Crippen molar-refractivity contribution < 1.29 is 4.79 Å². The third kappa shape index (κ3) is 2.29. The number of anilines is 2. The van der Waals surface area contributed by atoms with E-state index in [0.717, 1.165) is 11.3 Å². The molecule has 1 aromatic rings. The van der Waals surface area contributed by atoms with Crippen LogP contribution in [0.5, 0.6) is 0 Å². The van der Waals surface area contributed by atoms with Crippen LogP contribution in [0, 0.1) is 6.92 Å². The van der Waals surface area contributed by atoms with Gasteiger partial charge in [-0.25, -0.2) is 10.2 Å². The van der Waals surface area contributed by atoms with Gasteiger partial charge in [0.2, 0.25) is 0 Å². The van der Waals surface area contributed by atoms with E-state index < -0.39 is 6.03 Å². The van der Waals surface area contributed by atoms with Gasteiger partial charge in [0.1, 0.15) is 0 Å². The summed E-state index contributed by atoms with van der Waals surface area (Å²) in [5.74, 6) is 0. The number of nitrogens with two attached hydrogens (primary N) is 2. The first-order chi connectivity index (χ1) is 6.50. The number of hydrogen-bond donors (Lipinski definition) is 3. The first-order valence-electron chi connectivity index (χ1n) is 4.16. The summed E-state index contributed by atoms with van der Waals surface area (Å²) in [5, 5.41) is 1.55. The fourth-order valence-electron chi connectivity index (χ4n) is 1.28. The highest BCUT2D eigenvalue weighted by molar-refractivity contribution is 5.74. The molecule has 0 unspecified atom stereocenters. The summed E-state index contributed by atoms with van der Waals surface area (Å²) in [7, 11) is 1.71. The number of benzene rings is 1. The predicted molar refractivity (Wildman–Crippen MR) is 56.7 cm³/mol. The lowest BCUT2D eigenvalue weighted by molar-refractivity contribution is 0.248. The summed E-state index contributed by atoms with van der Waals surface area (Å²) in [5.41, 5.74) is 15.6. The molecule has 0 saturated carbocycles. The maximum absolute atomic E-state index is 10.6. The summed E-state index contributed by atoms with van der Waals surface area (Å²) in [6, 6.07) is 4.82. The summed E-state index contributed by atoms with van der Waals surface area (Å²) >= 11 is 0. The number of rotatable bonds is 2. The second kappa shape index (κ2) is 3.87. The summed E-state index contributed by atoms with van der Waals surface area (Å²) in [6.07, 6.45) is 0. The summed E-state index contributed by atoms with van der Waals surface area (Å²) in [4.78, 5) is 10.6. The molecule has 2 amide bonds. The van der Waals surface area contributed by atoms with Crippen LogP contribution in [0.15, 0.2) is 18.2 Å². The van der Waals surface area contributed by atoms with Gasteiger partial charge in [0.25, 0.3) is 0 Å². The molecule has 5 heteroatoms. The molecule has 14 heavy (non-hydrogen) atoms. The Morgan fingerprint density at radius 1 is 1.50 bits per heavy atom. The van der Waals surface area contributed by atoms with Crippen molar-refractivity contribution in [1.29, 1.82) is 0 Å². The predicted octanol–water partition coefficient (Wildman–Crippen LogP) is 0.597. The molecular formula is C9H14N4O. The summed E-state index contributed by atoms with van der Waals surface area (Å²) in [6.45, 7) is 1.91. The highest BCUT2D eigenvalue weighted by atomic mass is 16.2. The molecular weight excluding hydrogens is 180 g/mol. The zero-order chi connectivity index (χ0) is 10.7. The standard InChI is InChI=1S/C9H14N4O/c1-6-5-7(10)3-4-8(6)13(2)12-9(11)14/h3-5H,10H2,1-2H3,(H3,11,12,14). The number of nitrogen functional groups attached to an aromatic ring is 1. The zero-order valence-corrected chi connectivity index (χ0v) is 8.24. The number of carbonyl (C=O) groups is 1. The quantitative estimate of drug-likeness (QED) is 0.476. The average molecular weight is 194 g/mol. The molecule has 0 aromatic heterocycles. The van der Waals surface area contributed by atoms with Gasteiger partial charge < -0.3 is 11.5 Å². The van der Waals surface area contributed by atoms with Crippen LogP contribution in [-0.2, 0) is 0 Å². The Hall–Kier alpha value is -1.91. The van der Waals surface area contributed by atoms with Crippen molar-refractivity contribution in [2.75, 3.05) is 17.8 Å². The molecule has 5 N–H and O–H groups in total. The molecule has 0 atom stereocenters. The van der Waals surface area contributed by atoms with E-state index in [0.29, 0.717) is 5.69 Å². The summed E-state index contributed by atoms with van der Waals surface area (Å²) < 4.78 is 0. The fraction of sp³-hybridized carbons (Fsp3) is 0.222. The van der Waals surface area contributed by atoms with Crippen LogP contribution >= 0.6 is 0 Å². The largest absolute Gasteiger partial charge is 0.399 e. The zero-order valence-electron chi connectivity index (χ0n) is 8.24. The number of aryl methyl sites for hydroxylation is 1. The van der Waals surface area contributed by atoms with Gasteiger partial charge in [0.15, 0.2) is 0 Å². The van der Waals surface area contributed by atoms with Gasteiger partial charge in [-0.1, -0.05) is 0 Å². The minimum Gasteiger partial charge on any atom is -0.399 e. The number of amides is 2. The lowest BCUT2D eigenvalue weighted by Crippen LogP contribution is -2.42. The van der Waals surface area contributed by atoms with Crippen molar-refractivity contribution in [3.63, 3.8) is 0 Å². The maximum atomic E-state index is 10.6. The third-order valence-corrected chi connectivity index (χ3v) is 1.86. The molecule has 0 aliphatic rings. The molecule has 0 aliphatic heterocycles. The van der Waals surface area contributed by atoms with Gasteiger partial charge in [-0.3, -0.25) is 5.01 Å². The SMILES string of the molecule is Cc1cc(N)ccc1N(C)NC(N)=O. The van der Waals surface area contributed by atoms with Crippen LogP contribution in [0.25, 0.3) is 0 Å². The Labute approximate surface area is 82.6 Å². The van der Waals surface area contributed by atoms with E-state index in [1.54, 1.807) is 18.1 Å². The Balaban J connectivity index is 2.90. The van der Waals surface area contributed by atoms with E-state index in [9.17, 15) is 4.79 Å². The van der Waals surface area contributed by atoms with Crippen molar-refractivity contribution in [2.24, 2.45) is 5.73 Å². The Bertz CT molecular complexity index is 351. The Morgan fingerprint density at radius 3 is 2.64 bits per heavy atom. The van der Waals surface area contributed by atoms with Gasteiger partial charge in [-0.2, -0.15) is 0 Å². The molecule has 0 bridgehead atoms. The van der Waals surface area contributed by atoms with Crippen molar-refractivity contribution in [3.8, 4) is 0 Å². The van der Waals surface area contributed by atoms with E-state index >= 15 is 0 Å². The minimum atomic E-state index is -0.594. The molecule has 5 nitrogen and oxygen atoms in total. The number of urea groups is 1. The van der Waals surface area contributed by atoms with Crippen molar-refractivity contribution in [2.45, 2.75) is 6.92 Å².